The third kappa shape index (κ3) is 5.56. The summed E-state index contributed by atoms with van der Waals surface area (Å²) in [5, 5.41) is 2.76. The molecular weight excluding hydrogens is 338 g/mol. The van der Waals surface area contributed by atoms with Crippen molar-refractivity contribution in [1.82, 2.24) is 0 Å². The molecule has 0 aliphatic heterocycles. The Kier molecular flexibility index (Phi) is 7.57. The van der Waals surface area contributed by atoms with Crippen molar-refractivity contribution in [2.45, 2.75) is 0 Å². The van der Waals surface area contributed by atoms with E-state index in [0.717, 1.165) is 0 Å². The summed E-state index contributed by atoms with van der Waals surface area (Å²) in [5.41, 5.74) is 0.576. The average molecular weight is 361 g/mol. The minimum Gasteiger partial charge on any atom is -0.493 e. The summed E-state index contributed by atoms with van der Waals surface area (Å²) in [6.07, 6.45) is 0. The first-order chi connectivity index (χ1) is 12.7. The monoisotopic (exact) mass is 361 g/mol. The molecule has 1 amide bonds. The van der Waals surface area contributed by atoms with Gasteiger partial charge in [0.15, 0.2) is 29.6 Å². The third-order valence-electron chi connectivity index (χ3n) is 3.42. The van der Waals surface area contributed by atoms with E-state index in [1.54, 1.807) is 51.7 Å². The van der Waals surface area contributed by atoms with Crippen molar-refractivity contribution in [1.29, 1.82) is 0 Å². The number of methoxy groups -OCH3 is 3. The van der Waals surface area contributed by atoms with Gasteiger partial charge in [0.25, 0.3) is 5.91 Å². The molecule has 0 atom stereocenters. The SMILES string of the molecule is COCCOc1cc(NC(=O)COc2ccccc2OC)ccc1OC. The maximum atomic E-state index is 12.1. The number of hydrogen-bond acceptors (Lipinski definition) is 6. The van der Waals surface area contributed by atoms with Gasteiger partial charge >= 0.3 is 0 Å². The van der Waals surface area contributed by atoms with Crippen LogP contribution in [0.4, 0.5) is 5.69 Å². The average Bonchev–Trinajstić information content (AvgIpc) is 2.67. The van der Waals surface area contributed by atoms with E-state index in [4.69, 9.17) is 23.7 Å². The highest BCUT2D eigenvalue weighted by Gasteiger charge is 2.10. The molecule has 0 bridgehead atoms. The zero-order valence-electron chi connectivity index (χ0n) is 15.1. The third-order valence-corrected chi connectivity index (χ3v) is 3.42. The molecule has 26 heavy (non-hydrogen) atoms. The molecule has 0 unspecified atom stereocenters. The summed E-state index contributed by atoms with van der Waals surface area (Å²) in [7, 11) is 4.70. The summed E-state index contributed by atoms with van der Waals surface area (Å²) in [6, 6.07) is 12.3. The van der Waals surface area contributed by atoms with Gasteiger partial charge in [0, 0.05) is 18.9 Å². The highest BCUT2D eigenvalue weighted by atomic mass is 16.5. The van der Waals surface area contributed by atoms with Gasteiger partial charge in [-0.25, -0.2) is 0 Å². The Labute approximate surface area is 152 Å². The largest absolute Gasteiger partial charge is 0.493 e. The van der Waals surface area contributed by atoms with Crippen LogP contribution in [0.1, 0.15) is 0 Å². The highest BCUT2D eigenvalue weighted by Crippen LogP contribution is 2.30. The van der Waals surface area contributed by atoms with Crippen LogP contribution in [0.5, 0.6) is 23.0 Å². The molecule has 0 spiro atoms. The molecule has 2 rings (SSSR count). The van der Waals surface area contributed by atoms with Crippen LogP contribution >= 0.6 is 0 Å². The lowest BCUT2D eigenvalue weighted by Gasteiger charge is -2.13. The molecule has 0 radical (unpaired) electrons. The lowest BCUT2D eigenvalue weighted by atomic mass is 10.2. The number of hydrogen-bond donors (Lipinski definition) is 1. The van der Waals surface area contributed by atoms with E-state index in [-0.39, 0.29) is 12.5 Å². The van der Waals surface area contributed by atoms with Crippen LogP contribution in [0.3, 0.4) is 0 Å². The van der Waals surface area contributed by atoms with E-state index in [1.807, 2.05) is 12.1 Å². The zero-order chi connectivity index (χ0) is 18.8. The minimum absolute atomic E-state index is 0.147. The minimum atomic E-state index is -0.302. The fraction of sp³-hybridized carbons (Fsp3) is 0.316. The Morgan fingerprint density at radius 3 is 2.23 bits per heavy atom. The number of benzene rings is 2. The van der Waals surface area contributed by atoms with Gasteiger partial charge in [-0.1, -0.05) is 12.1 Å². The van der Waals surface area contributed by atoms with Gasteiger partial charge in [0.1, 0.15) is 6.61 Å². The van der Waals surface area contributed by atoms with Crippen LogP contribution in [-0.4, -0.2) is 47.1 Å². The number of carbonyl (C=O) groups excluding carboxylic acids is 1. The summed E-state index contributed by atoms with van der Waals surface area (Å²) >= 11 is 0. The number of amides is 1. The van der Waals surface area contributed by atoms with Gasteiger partial charge in [0.05, 0.1) is 20.8 Å². The normalized spacial score (nSPS) is 10.1. The predicted octanol–water partition coefficient (Wildman–Crippen LogP) is 2.75. The van der Waals surface area contributed by atoms with Crippen LogP contribution in [0, 0.1) is 0 Å². The second-order valence-corrected chi connectivity index (χ2v) is 5.19. The molecule has 0 aliphatic carbocycles. The summed E-state index contributed by atoms with van der Waals surface area (Å²) in [5.74, 6) is 1.86. The quantitative estimate of drug-likeness (QED) is 0.656. The molecule has 0 saturated heterocycles. The fourth-order valence-electron chi connectivity index (χ4n) is 2.18. The van der Waals surface area contributed by atoms with Gasteiger partial charge in [0.2, 0.25) is 0 Å². The van der Waals surface area contributed by atoms with E-state index in [1.165, 1.54) is 0 Å². The number of anilines is 1. The van der Waals surface area contributed by atoms with Crippen LogP contribution in [0.15, 0.2) is 42.5 Å². The molecule has 2 aromatic rings. The predicted molar refractivity (Wildman–Crippen MR) is 97.5 cm³/mol. The van der Waals surface area contributed by atoms with Gasteiger partial charge in [-0.15, -0.1) is 0 Å². The van der Waals surface area contributed by atoms with Crippen molar-refractivity contribution in [2.75, 3.05) is 46.5 Å². The summed E-state index contributed by atoms with van der Waals surface area (Å²) in [4.78, 5) is 12.1. The first-order valence-corrected chi connectivity index (χ1v) is 8.03. The summed E-state index contributed by atoms with van der Waals surface area (Å²) < 4.78 is 26.5. The maximum Gasteiger partial charge on any atom is 0.262 e. The molecule has 0 aliphatic rings. The molecule has 0 aromatic heterocycles. The Morgan fingerprint density at radius 1 is 0.846 bits per heavy atom. The van der Waals surface area contributed by atoms with Crippen molar-refractivity contribution in [3.8, 4) is 23.0 Å². The van der Waals surface area contributed by atoms with Crippen LogP contribution in [0.2, 0.25) is 0 Å². The number of rotatable bonds is 10. The number of nitrogens with one attached hydrogen (secondary N) is 1. The fourth-order valence-corrected chi connectivity index (χ4v) is 2.18. The number of carbonyl (C=O) groups is 1. The molecule has 0 saturated carbocycles. The Morgan fingerprint density at radius 2 is 1.54 bits per heavy atom. The van der Waals surface area contributed by atoms with E-state index in [9.17, 15) is 4.79 Å². The van der Waals surface area contributed by atoms with E-state index in [2.05, 4.69) is 5.32 Å². The molecule has 2 aromatic carbocycles. The van der Waals surface area contributed by atoms with Crippen LogP contribution < -0.4 is 24.3 Å². The second-order valence-electron chi connectivity index (χ2n) is 5.19. The summed E-state index contributed by atoms with van der Waals surface area (Å²) in [6.45, 7) is 0.680. The molecule has 7 heteroatoms. The van der Waals surface area contributed by atoms with Gasteiger partial charge in [-0.05, 0) is 24.3 Å². The Bertz CT molecular complexity index is 719. The molecule has 0 fully saturated rings. The van der Waals surface area contributed by atoms with Gasteiger partial charge in [-0.3, -0.25) is 4.79 Å². The Hall–Kier alpha value is -2.93. The van der Waals surface area contributed by atoms with Crippen molar-refractivity contribution in [2.24, 2.45) is 0 Å². The smallest absolute Gasteiger partial charge is 0.262 e. The lowest BCUT2D eigenvalue weighted by Crippen LogP contribution is -2.20. The molecule has 140 valence electrons. The first kappa shape index (κ1) is 19.4. The van der Waals surface area contributed by atoms with Gasteiger partial charge in [-0.2, -0.15) is 0 Å². The lowest BCUT2D eigenvalue weighted by molar-refractivity contribution is -0.118. The topological polar surface area (TPSA) is 75.3 Å². The van der Waals surface area contributed by atoms with Gasteiger partial charge < -0.3 is 29.0 Å². The van der Waals surface area contributed by atoms with Crippen molar-refractivity contribution in [3.63, 3.8) is 0 Å². The number of para-hydroxylation sites is 2. The number of ether oxygens (including phenoxy) is 5. The molecule has 0 heterocycles. The van der Waals surface area contributed by atoms with Crippen LogP contribution in [-0.2, 0) is 9.53 Å². The van der Waals surface area contributed by atoms with E-state index < -0.39 is 0 Å². The molecular formula is C19H23NO6. The van der Waals surface area contributed by atoms with Crippen molar-refractivity contribution >= 4 is 11.6 Å². The maximum absolute atomic E-state index is 12.1. The van der Waals surface area contributed by atoms with E-state index in [0.29, 0.717) is 41.9 Å². The first-order valence-electron chi connectivity index (χ1n) is 8.03. The van der Waals surface area contributed by atoms with Crippen molar-refractivity contribution < 1.29 is 28.5 Å². The molecule has 7 nitrogen and oxygen atoms in total. The zero-order valence-corrected chi connectivity index (χ0v) is 15.1. The highest BCUT2D eigenvalue weighted by molar-refractivity contribution is 5.92. The molecule has 1 N–H and O–H groups in total. The second kappa shape index (κ2) is 10.1. The van der Waals surface area contributed by atoms with Crippen LogP contribution in [0.25, 0.3) is 0 Å². The van der Waals surface area contributed by atoms with Crippen molar-refractivity contribution in [3.05, 3.63) is 42.5 Å². The van der Waals surface area contributed by atoms with E-state index >= 15 is 0 Å². The Balaban J connectivity index is 1.96. The standard InChI is InChI=1S/C19H23NO6/c1-22-10-11-25-18-12-14(8-9-16(18)24-3)20-19(21)13-26-17-7-5-4-6-15(17)23-2/h4-9,12H,10-11,13H2,1-3H3,(H,20,21).